The molecule has 4 aromatic rings. The molecule has 1 saturated heterocycles. The van der Waals surface area contributed by atoms with Crippen LogP contribution in [0.4, 0.5) is 4.79 Å². The molecule has 0 spiro atoms. The second-order valence-corrected chi connectivity index (χ2v) is 8.60. The van der Waals surface area contributed by atoms with Gasteiger partial charge in [0.1, 0.15) is 18.6 Å². The first kappa shape index (κ1) is 22.2. The molecule has 9 heteroatoms. The molecule has 5 rings (SSSR count). The number of pyridine rings is 1. The molecular formula is C25H24ClN5O3. The van der Waals surface area contributed by atoms with Crippen molar-refractivity contribution in [3.05, 3.63) is 77.5 Å². The Morgan fingerprint density at radius 3 is 2.71 bits per heavy atom. The number of halogens is 1. The number of hydrogen-bond acceptors (Lipinski definition) is 6. The van der Waals surface area contributed by atoms with Gasteiger partial charge in [0.25, 0.3) is 0 Å². The first-order valence-corrected chi connectivity index (χ1v) is 11.5. The van der Waals surface area contributed by atoms with E-state index in [0.717, 1.165) is 35.1 Å². The van der Waals surface area contributed by atoms with E-state index in [0.29, 0.717) is 29.7 Å². The summed E-state index contributed by atoms with van der Waals surface area (Å²) in [5.74, 6) is 1.17. The molecule has 3 aromatic heterocycles. The lowest BCUT2D eigenvalue weighted by Gasteiger charge is -2.32. The lowest BCUT2D eigenvalue weighted by molar-refractivity contribution is 0.0834. The summed E-state index contributed by atoms with van der Waals surface area (Å²) < 4.78 is 13.7. The number of benzene rings is 1. The quantitative estimate of drug-likeness (QED) is 0.374. The molecule has 0 unspecified atom stereocenters. The third-order valence-corrected chi connectivity index (χ3v) is 6.43. The van der Waals surface area contributed by atoms with Crippen molar-refractivity contribution < 1.29 is 14.3 Å². The Bertz CT molecular complexity index is 1320. The van der Waals surface area contributed by atoms with Gasteiger partial charge in [-0.25, -0.2) is 14.8 Å². The van der Waals surface area contributed by atoms with Crippen molar-refractivity contribution >= 4 is 28.7 Å². The predicted molar refractivity (Wildman–Crippen MR) is 128 cm³/mol. The van der Waals surface area contributed by atoms with Crippen LogP contribution in [-0.4, -0.2) is 43.6 Å². The van der Waals surface area contributed by atoms with Crippen LogP contribution in [0.25, 0.3) is 11.0 Å². The Morgan fingerprint density at radius 2 is 1.91 bits per heavy atom. The van der Waals surface area contributed by atoms with Gasteiger partial charge in [0.05, 0.1) is 11.1 Å². The first-order chi connectivity index (χ1) is 16.6. The van der Waals surface area contributed by atoms with Gasteiger partial charge in [-0.3, -0.25) is 4.98 Å². The van der Waals surface area contributed by atoms with Crippen molar-refractivity contribution in [3.8, 4) is 11.6 Å². The summed E-state index contributed by atoms with van der Waals surface area (Å²) in [4.78, 5) is 27.4. The smallest absolute Gasteiger partial charge is 0.410 e. The minimum Gasteiger partial charge on any atom is -0.444 e. The van der Waals surface area contributed by atoms with Crippen LogP contribution in [0, 0.1) is 6.92 Å². The number of likely N-dealkylation sites (tertiary alicyclic amines) is 1. The molecule has 1 amide bonds. The molecular weight excluding hydrogens is 454 g/mol. The van der Waals surface area contributed by atoms with E-state index in [4.69, 9.17) is 21.1 Å². The van der Waals surface area contributed by atoms with Crippen LogP contribution < -0.4 is 4.74 Å². The van der Waals surface area contributed by atoms with E-state index in [1.165, 1.54) is 6.33 Å². The van der Waals surface area contributed by atoms with Gasteiger partial charge in [-0.1, -0.05) is 29.8 Å². The molecule has 174 valence electrons. The Balaban J connectivity index is 1.24. The van der Waals surface area contributed by atoms with Gasteiger partial charge in [-0.05, 0) is 44.0 Å². The van der Waals surface area contributed by atoms with Gasteiger partial charge in [0, 0.05) is 42.1 Å². The van der Waals surface area contributed by atoms with Crippen LogP contribution in [0.2, 0.25) is 5.02 Å². The van der Waals surface area contributed by atoms with Crippen LogP contribution in [0.1, 0.15) is 30.1 Å². The Hall–Kier alpha value is -3.65. The number of hydrogen-bond donors (Lipinski definition) is 0. The van der Waals surface area contributed by atoms with Crippen molar-refractivity contribution in [2.75, 3.05) is 13.1 Å². The van der Waals surface area contributed by atoms with E-state index < -0.39 is 0 Å². The fraction of sp³-hybridized carbons (Fsp3) is 0.280. The lowest BCUT2D eigenvalue weighted by Crippen LogP contribution is -2.39. The second-order valence-electron chi connectivity index (χ2n) is 8.19. The number of ether oxygens (including phenoxy) is 2. The lowest BCUT2D eigenvalue weighted by atomic mass is 10.1. The number of carbonyl (C=O) groups excluding carboxylic acids is 1. The molecule has 34 heavy (non-hydrogen) atoms. The number of rotatable bonds is 5. The number of piperidine rings is 1. The van der Waals surface area contributed by atoms with Crippen molar-refractivity contribution in [2.24, 2.45) is 0 Å². The minimum atomic E-state index is -0.319. The van der Waals surface area contributed by atoms with E-state index in [-0.39, 0.29) is 18.7 Å². The van der Waals surface area contributed by atoms with Gasteiger partial charge in [-0.15, -0.1) is 0 Å². The highest BCUT2D eigenvalue weighted by Gasteiger charge is 2.26. The van der Waals surface area contributed by atoms with Crippen molar-refractivity contribution in [3.63, 3.8) is 0 Å². The number of aromatic nitrogens is 4. The first-order valence-electron chi connectivity index (χ1n) is 11.2. The van der Waals surface area contributed by atoms with E-state index in [1.807, 2.05) is 49.5 Å². The van der Waals surface area contributed by atoms with E-state index in [1.54, 1.807) is 17.2 Å². The molecule has 1 aliphatic heterocycles. The Kier molecular flexibility index (Phi) is 6.31. The SMILES string of the molecule is Cc1ncccc1Oc1ncnc2c1ccn2C1CCN(C(=O)OCc2ccccc2Cl)CC1. The molecule has 4 heterocycles. The normalized spacial score (nSPS) is 14.4. The van der Waals surface area contributed by atoms with E-state index in [2.05, 4.69) is 19.5 Å². The largest absolute Gasteiger partial charge is 0.444 e. The minimum absolute atomic E-state index is 0.163. The van der Waals surface area contributed by atoms with Crippen LogP contribution in [0.3, 0.4) is 0 Å². The van der Waals surface area contributed by atoms with Gasteiger partial charge < -0.3 is 18.9 Å². The average molecular weight is 478 g/mol. The topological polar surface area (TPSA) is 82.4 Å². The van der Waals surface area contributed by atoms with Gasteiger partial charge in [0.15, 0.2) is 5.75 Å². The third-order valence-electron chi connectivity index (χ3n) is 6.06. The molecule has 1 aromatic carbocycles. The molecule has 0 aliphatic carbocycles. The number of amides is 1. The van der Waals surface area contributed by atoms with Crippen LogP contribution in [0.5, 0.6) is 11.6 Å². The number of carbonyl (C=O) groups is 1. The van der Waals surface area contributed by atoms with Gasteiger partial charge in [0.2, 0.25) is 5.88 Å². The van der Waals surface area contributed by atoms with E-state index in [9.17, 15) is 4.79 Å². The highest BCUT2D eigenvalue weighted by molar-refractivity contribution is 6.31. The van der Waals surface area contributed by atoms with Crippen LogP contribution in [0.15, 0.2) is 61.2 Å². The Labute approximate surface area is 202 Å². The molecule has 8 nitrogen and oxygen atoms in total. The summed E-state index contributed by atoms with van der Waals surface area (Å²) in [5, 5.41) is 1.44. The maximum absolute atomic E-state index is 12.5. The third kappa shape index (κ3) is 4.54. The maximum atomic E-state index is 12.5. The molecule has 0 bridgehead atoms. The summed E-state index contributed by atoms with van der Waals surface area (Å²) in [6.45, 7) is 3.27. The van der Waals surface area contributed by atoms with Gasteiger partial charge in [-0.2, -0.15) is 0 Å². The molecule has 0 N–H and O–H groups in total. The summed E-state index contributed by atoms with van der Waals surface area (Å²) in [5.41, 5.74) is 2.40. The molecule has 0 atom stereocenters. The van der Waals surface area contributed by atoms with Crippen molar-refractivity contribution in [1.29, 1.82) is 0 Å². The van der Waals surface area contributed by atoms with Crippen LogP contribution >= 0.6 is 11.6 Å². The van der Waals surface area contributed by atoms with Crippen LogP contribution in [-0.2, 0) is 11.3 Å². The number of aryl methyl sites for hydroxylation is 1. The van der Waals surface area contributed by atoms with E-state index >= 15 is 0 Å². The standard InChI is InChI=1S/C25H24ClN5O3/c1-17-22(7-4-11-27-17)34-24-20-10-14-31(23(20)28-16-29-24)19-8-12-30(13-9-19)25(32)33-15-18-5-2-3-6-21(18)26/h2-7,10-11,14,16,19H,8-9,12-13,15H2,1H3. The average Bonchev–Trinajstić information content (AvgIpc) is 3.30. The molecule has 1 fully saturated rings. The summed E-state index contributed by atoms with van der Waals surface area (Å²) in [6.07, 6.45) is 6.53. The highest BCUT2D eigenvalue weighted by Crippen LogP contribution is 2.32. The summed E-state index contributed by atoms with van der Waals surface area (Å²) >= 11 is 6.15. The highest BCUT2D eigenvalue weighted by atomic mass is 35.5. The molecule has 0 radical (unpaired) electrons. The molecule has 0 saturated carbocycles. The Morgan fingerprint density at radius 1 is 1.09 bits per heavy atom. The fourth-order valence-electron chi connectivity index (χ4n) is 4.18. The predicted octanol–water partition coefficient (Wildman–Crippen LogP) is 5.55. The summed E-state index contributed by atoms with van der Waals surface area (Å²) in [6, 6.07) is 13.3. The second kappa shape index (κ2) is 9.69. The van der Waals surface area contributed by atoms with Crippen molar-refractivity contribution in [2.45, 2.75) is 32.4 Å². The maximum Gasteiger partial charge on any atom is 0.410 e. The number of fused-ring (bicyclic) bond motifs is 1. The summed E-state index contributed by atoms with van der Waals surface area (Å²) in [7, 11) is 0. The zero-order chi connectivity index (χ0) is 23.5. The molecule has 1 aliphatic rings. The zero-order valence-electron chi connectivity index (χ0n) is 18.7. The van der Waals surface area contributed by atoms with Gasteiger partial charge >= 0.3 is 6.09 Å². The fourth-order valence-corrected chi connectivity index (χ4v) is 4.37. The monoisotopic (exact) mass is 477 g/mol. The zero-order valence-corrected chi connectivity index (χ0v) is 19.5. The van der Waals surface area contributed by atoms with Crippen molar-refractivity contribution in [1.82, 2.24) is 24.4 Å². The number of nitrogens with zero attached hydrogens (tertiary/aromatic N) is 5.